The van der Waals surface area contributed by atoms with Crippen molar-refractivity contribution < 1.29 is 9.53 Å². The van der Waals surface area contributed by atoms with Gasteiger partial charge in [-0.25, -0.2) is 0 Å². The highest BCUT2D eigenvalue weighted by atomic mass is 16.5. The predicted molar refractivity (Wildman–Crippen MR) is 64.8 cm³/mol. The van der Waals surface area contributed by atoms with Crippen LogP contribution < -0.4 is 0 Å². The van der Waals surface area contributed by atoms with Gasteiger partial charge in [-0.05, 0) is 24.0 Å². The molecule has 0 amide bonds. The Labute approximate surface area is 101 Å². The Hall–Kier alpha value is -1.35. The summed E-state index contributed by atoms with van der Waals surface area (Å²) in [7, 11) is 0. The van der Waals surface area contributed by atoms with Crippen LogP contribution in [-0.4, -0.2) is 36.6 Å². The predicted octanol–water partition coefficient (Wildman–Crippen LogP) is 1.40. The molecule has 3 nitrogen and oxygen atoms in total. The van der Waals surface area contributed by atoms with E-state index in [1.165, 1.54) is 11.1 Å². The molecule has 0 spiro atoms. The summed E-state index contributed by atoms with van der Waals surface area (Å²) in [5.74, 6) is -0.0315. The van der Waals surface area contributed by atoms with E-state index in [0.717, 1.165) is 32.4 Å². The van der Waals surface area contributed by atoms with Crippen LogP contribution in [0.4, 0.5) is 0 Å². The van der Waals surface area contributed by atoms with E-state index in [2.05, 4.69) is 29.2 Å². The first kappa shape index (κ1) is 10.8. The van der Waals surface area contributed by atoms with Crippen molar-refractivity contribution in [1.82, 2.24) is 4.90 Å². The minimum absolute atomic E-state index is 0.00399. The Balaban J connectivity index is 1.75. The van der Waals surface area contributed by atoms with Gasteiger partial charge < -0.3 is 4.74 Å². The molecule has 1 atom stereocenters. The van der Waals surface area contributed by atoms with Crippen molar-refractivity contribution in [2.75, 3.05) is 19.7 Å². The third kappa shape index (κ3) is 2.07. The Bertz CT molecular complexity index is 403. The number of cyclic esters (lactones) is 1. The fraction of sp³-hybridized carbons (Fsp3) is 0.500. The molecule has 1 saturated heterocycles. The Kier molecular flexibility index (Phi) is 2.85. The number of hydrogen-bond acceptors (Lipinski definition) is 3. The zero-order valence-electron chi connectivity index (χ0n) is 9.89. The van der Waals surface area contributed by atoms with Gasteiger partial charge in [-0.1, -0.05) is 24.3 Å². The van der Waals surface area contributed by atoms with E-state index >= 15 is 0 Å². The molecule has 2 aliphatic heterocycles. The molecular weight excluding hydrogens is 214 g/mol. The van der Waals surface area contributed by atoms with Gasteiger partial charge in [0.2, 0.25) is 0 Å². The molecule has 0 radical (unpaired) electrons. The standard InChI is InChI=1S/C14H17NO2/c16-14-13(7-10-17-14)15-8-5-11-3-1-2-4-12(11)6-9-15/h1-4,13H,5-10H2/t13-/m0/s1. The summed E-state index contributed by atoms with van der Waals surface area (Å²) in [6, 6.07) is 8.60. The molecule has 90 valence electrons. The maximum absolute atomic E-state index is 11.6. The first-order valence-corrected chi connectivity index (χ1v) is 6.32. The fourth-order valence-corrected chi connectivity index (χ4v) is 2.81. The van der Waals surface area contributed by atoms with E-state index in [9.17, 15) is 4.79 Å². The number of carbonyl (C=O) groups is 1. The van der Waals surface area contributed by atoms with Crippen LogP contribution in [0.25, 0.3) is 0 Å². The molecule has 0 unspecified atom stereocenters. The second kappa shape index (κ2) is 4.49. The highest BCUT2D eigenvalue weighted by Gasteiger charge is 2.32. The molecule has 0 saturated carbocycles. The summed E-state index contributed by atoms with van der Waals surface area (Å²) in [6.45, 7) is 2.53. The fourth-order valence-electron chi connectivity index (χ4n) is 2.81. The van der Waals surface area contributed by atoms with Crippen molar-refractivity contribution in [3.8, 4) is 0 Å². The highest BCUT2D eigenvalue weighted by Crippen LogP contribution is 2.20. The van der Waals surface area contributed by atoms with Crippen LogP contribution in [0.15, 0.2) is 24.3 Å². The van der Waals surface area contributed by atoms with Crippen LogP contribution >= 0.6 is 0 Å². The quantitative estimate of drug-likeness (QED) is 0.684. The normalized spacial score (nSPS) is 25.2. The molecule has 3 heteroatoms. The largest absolute Gasteiger partial charge is 0.464 e. The van der Waals surface area contributed by atoms with Gasteiger partial charge >= 0.3 is 5.97 Å². The SMILES string of the molecule is O=C1OCC[C@@H]1N1CCc2ccccc2CC1. The van der Waals surface area contributed by atoms with Gasteiger partial charge in [-0.2, -0.15) is 0 Å². The van der Waals surface area contributed by atoms with E-state index in [-0.39, 0.29) is 12.0 Å². The van der Waals surface area contributed by atoms with Crippen LogP contribution in [0.5, 0.6) is 0 Å². The van der Waals surface area contributed by atoms with Crippen molar-refractivity contribution in [3.63, 3.8) is 0 Å². The molecule has 0 N–H and O–H groups in total. The van der Waals surface area contributed by atoms with Crippen LogP contribution in [-0.2, 0) is 22.4 Å². The second-order valence-electron chi connectivity index (χ2n) is 4.78. The minimum atomic E-state index is -0.0315. The lowest BCUT2D eigenvalue weighted by Gasteiger charge is -2.23. The number of hydrogen-bond donors (Lipinski definition) is 0. The smallest absolute Gasteiger partial charge is 0.323 e. The van der Waals surface area contributed by atoms with Gasteiger partial charge in [0.15, 0.2) is 0 Å². The van der Waals surface area contributed by atoms with Crippen molar-refractivity contribution in [2.24, 2.45) is 0 Å². The first-order valence-electron chi connectivity index (χ1n) is 6.32. The highest BCUT2D eigenvalue weighted by molar-refractivity contribution is 5.77. The molecule has 0 aromatic heterocycles. The van der Waals surface area contributed by atoms with E-state index in [1.54, 1.807) is 0 Å². The van der Waals surface area contributed by atoms with Crippen molar-refractivity contribution in [2.45, 2.75) is 25.3 Å². The Morgan fingerprint density at radius 1 is 1.12 bits per heavy atom. The monoisotopic (exact) mass is 231 g/mol. The van der Waals surface area contributed by atoms with Gasteiger partial charge in [0.25, 0.3) is 0 Å². The molecule has 1 aromatic rings. The molecular formula is C14H17NO2. The Morgan fingerprint density at radius 3 is 2.29 bits per heavy atom. The van der Waals surface area contributed by atoms with Crippen molar-refractivity contribution in [3.05, 3.63) is 35.4 Å². The molecule has 2 heterocycles. The summed E-state index contributed by atoms with van der Waals surface area (Å²) in [6.07, 6.45) is 2.94. The molecule has 17 heavy (non-hydrogen) atoms. The lowest BCUT2D eigenvalue weighted by Crippen LogP contribution is -2.40. The van der Waals surface area contributed by atoms with Gasteiger partial charge in [0.05, 0.1) is 6.61 Å². The number of esters is 1. The molecule has 0 aliphatic carbocycles. The summed E-state index contributed by atoms with van der Waals surface area (Å²) in [5, 5.41) is 0. The van der Waals surface area contributed by atoms with Gasteiger partial charge in [0.1, 0.15) is 6.04 Å². The van der Waals surface area contributed by atoms with Crippen LogP contribution in [0.1, 0.15) is 17.5 Å². The number of fused-ring (bicyclic) bond motifs is 1. The number of nitrogens with zero attached hydrogens (tertiary/aromatic N) is 1. The van der Waals surface area contributed by atoms with Gasteiger partial charge in [-0.15, -0.1) is 0 Å². The molecule has 3 rings (SSSR count). The zero-order valence-corrected chi connectivity index (χ0v) is 9.89. The van der Waals surface area contributed by atoms with Gasteiger partial charge in [-0.3, -0.25) is 9.69 Å². The van der Waals surface area contributed by atoms with Crippen LogP contribution in [0.2, 0.25) is 0 Å². The summed E-state index contributed by atoms with van der Waals surface area (Å²) >= 11 is 0. The summed E-state index contributed by atoms with van der Waals surface area (Å²) in [5.41, 5.74) is 2.86. The maximum Gasteiger partial charge on any atom is 0.323 e. The van der Waals surface area contributed by atoms with E-state index in [0.29, 0.717) is 6.61 Å². The van der Waals surface area contributed by atoms with Crippen LogP contribution in [0, 0.1) is 0 Å². The Morgan fingerprint density at radius 2 is 1.76 bits per heavy atom. The third-order valence-corrected chi connectivity index (χ3v) is 3.80. The van der Waals surface area contributed by atoms with Crippen molar-refractivity contribution in [1.29, 1.82) is 0 Å². The minimum Gasteiger partial charge on any atom is -0.464 e. The van der Waals surface area contributed by atoms with E-state index in [4.69, 9.17) is 4.74 Å². The molecule has 0 bridgehead atoms. The lowest BCUT2D eigenvalue weighted by atomic mass is 10.0. The number of ether oxygens (including phenoxy) is 1. The topological polar surface area (TPSA) is 29.5 Å². The summed E-state index contributed by atoms with van der Waals surface area (Å²) in [4.78, 5) is 13.9. The average Bonchev–Trinajstić information content (AvgIpc) is 2.66. The van der Waals surface area contributed by atoms with Crippen LogP contribution in [0.3, 0.4) is 0 Å². The second-order valence-corrected chi connectivity index (χ2v) is 4.78. The zero-order chi connectivity index (χ0) is 11.7. The maximum atomic E-state index is 11.6. The number of rotatable bonds is 1. The molecule has 2 aliphatic rings. The molecule has 1 aromatic carbocycles. The summed E-state index contributed by atoms with van der Waals surface area (Å²) < 4.78 is 5.06. The van der Waals surface area contributed by atoms with Crippen molar-refractivity contribution >= 4 is 5.97 Å². The lowest BCUT2D eigenvalue weighted by molar-refractivity contribution is -0.142. The molecule has 1 fully saturated rings. The third-order valence-electron chi connectivity index (χ3n) is 3.80. The van der Waals surface area contributed by atoms with Gasteiger partial charge in [0, 0.05) is 19.5 Å². The first-order chi connectivity index (χ1) is 8.34. The van der Waals surface area contributed by atoms with E-state index in [1.807, 2.05) is 0 Å². The number of carbonyl (C=O) groups excluding carboxylic acids is 1. The van der Waals surface area contributed by atoms with E-state index < -0.39 is 0 Å². The number of benzene rings is 1. The average molecular weight is 231 g/mol.